The second-order valence-electron chi connectivity index (χ2n) is 5.02. The summed E-state index contributed by atoms with van der Waals surface area (Å²) in [7, 11) is 3.17. The summed E-state index contributed by atoms with van der Waals surface area (Å²) >= 11 is 0. The van der Waals surface area contributed by atoms with Gasteiger partial charge in [0.1, 0.15) is 0 Å². The van der Waals surface area contributed by atoms with Gasteiger partial charge >= 0.3 is 0 Å². The molecule has 5 nitrogen and oxygen atoms in total. The van der Waals surface area contributed by atoms with E-state index in [1.54, 1.807) is 20.3 Å². The van der Waals surface area contributed by atoms with Crippen LogP contribution in [-0.4, -0.2) is 37.3 Å². The van der Waals surface area contributed by atoms with Gasteiger partial charge in [0.25, 0.3) is 0 Å². The Balaban J connectivity index is 1.89. The number of methoxy groups -OCH3 is 2. The molecule has 0 saturated carbocycles. The van der Waals surface area contributed by atoms with Gasteiger partial charge in [-0.25, -0.2) is 0 Å². The summed E-state index contributed by atoms with van der Waals surface area (Å²) in [6.45, 7) is 2.28. The highest BCUT2D eigenvalue weighted by Crippen LogP contribution is 2.26. The highest BCUT2D eigenvalue weighted by molar-refractivity contribution is 5.61. The fourth-order valence-corrected chi connectivity index (χ4v) is 2.54. The van der Waals surface area contributed by atoms with Gasteiger partial charge in [0.15, 0.2) is 5.82 Å². The molecule has 0 radical (unpaired) electrons. The Morgan fingerprint density at radius 3 is 2.00 bits per heavy atom. The van der Waals surface area contributed by atoms with Crippen LogP contribution in [-0.2, 0) is 0 Å². The van der Waals surface area contributed by atoms with E-state index in [1.165, 1.54) is 18.5 Å². The topological polar surface area (TPSA) is 47.5 Å². The summed E-state index contributed by atoms with van der Waals surface area (Å²) in [6, 6.07) is 10.00. The minimum atomic E-state index is 0.500. The third kappa shape index (κ3) is 2.91. The highest BCUT2D eigenvalue weighted by Gasteiger charge is 2.13. The first kappa shape index (κ1) is 13.7. The molecule has 0 amide bonds. The molecule has 21 heavy (non-hydrogen) atoms. The minimum Gasteiger partial charge on any atom is -0.481 e. The molecular weight excluding hydrogens is 266 g/mol. The third-order valence-electron chi connectivity index (χ3n) is 3.69. The fourth-order valence-electron chi connectivity index (χ4n) is 2.54. The van der Waals surface area contributed by atoms with Crippen molar-refractivity contribution in [2.75, 3.05) is 32.2 Å². The minimum absolute atomic E-state index is 0.500. The molecule has 1 aliphatic heterocycles. The average Bonchev–Trinajstić information content (AvgIpc) is 3.09. The van der Waals surface area contributed by atoms with Crippen molar-refractivity contribution in [2.45, 2.75) is 12.8 Å². The Hall–Kier alpha value is -2.30. The zero-order chi connectivity index (χ0) is 14.7. The third-order valence-corrected chi connectivity index (χ3v) is 3.69. The SMILES string of the molecule is COc1cc(OC)nc(-c2ccc(N3CCCC3)cc2)n1. The Kier molecular flexibility index (Phi) is 3.90. The van der Waals surface area contributed by atoms with Crippen molar-refractivity contribution < 1.29 is 9.47 Å². The summed E-state index contributed by atoms with van der Waals surface area (Å²) in [5, 5.41) is 0. The van der Waals surface area contributed by atoms with Crippen LogP contribution < -0.4 is 14.4 Å². The maximum Gasteiger partial charge on any atom is 0.220 e. The quantitative estimate of drug-likeness (QED) is 0.864. The largest absolute Gasteiger partial charge is 0.481 e. The van der Waals surface area contributed by atoms with Crippen LogP contribution in [0, 0.1) is 0 Å². The van der Waals surface area contributed by atoms with E-state index in [9.17, 15) is 0 Å². The second-order valence-corrected chi connectivity index (χ2v) is 5.02. The molecule has 0 aliphatic carbocycles. The van der Waals surface area contributed by atoms with Crippen molar-refractivity contribution in [3.63, 3.8) is 0 Å². The van der Waals surface area contributed by atoms with E-state index in [-0.39, 0.29) is 0 Å². The molecule has 5 heteroatoms. The number of nitrogens with zero attached hydrogens (tertiary/aromatic N) is 3. The standard InChI is InChI=1S/C16H19N3O2/c1-20-14-11-15(21-2)18-16(17-14)12-5-7-13(8-6-12)19-9-3-4-10-19/h5-8,11H,3-4,9-10H2,1-2H3. The number of ether oxygens (including phenoxy) is 2. The van der Waals surface area contributed by atoms with Gasteiger partial charge in [0.05, 0.1) is 20.3 Å². The van der Waals surface area contributed by atoms with E-state index < -0.39 is 0 Å². The molecule has 0 spiro atoms. The maximum atomic E-state index is 5.18. The Morgan fingerprint density at radius 1 is 0.905 bits per heavy atom. The van der Waals surface area contributed by atoms with E-state index in [4.69, 9.17) is 9.47 Å². The summed E-state index contributed by atoms with van der Waals surface area (Å²) < 4.78 is 10.4. The van der Waals surface area contributed by atoms with Crippen molar-refractivity contribution in [1.29, 1.82) is 0 Å². The highest BCUT2D eigenvalue weighted by atomic mass is 16.5. The summed E-state index contributed by atoms with van der Waals surface area (Å²) in [4.78, 5) is 11.1. The van der Waals surface area contributed by atoms with Crippen molar-refractivity contribution in [3.8, 4) is 23.1 Å². The van der Waals surface area contributed by atoms with Crippen LogP contribution in [0.15, 0.2) is 30.3 Å². The van der Waals surface area contributed by atoms with Gasteiger partial charge in [-0.3, -0.25) is 0 Å². The number of rotatable bonds is 4. The lowest BCUT2D eigenvalue weighted by Gasteiger charge is -2.17. The van der Waals surface area contributed by atoms with Crippen LogP contribution >= 0.6 is 0 Å². The van der Waals surface area contributed by atoms with E-state index in [2.05, 4.69) is 27.0 Å². The molecular formula is C16H19N3O2. The van der Waals surface area contributed by atoms with Crippen LogP contribution in [0.3, 0.4) is 0 Å². The second kappa shape index (κ2) is 5.99. The summed E-state index contributed by atoms with van der Waals surface area (Å²) in [5.74, 6) is 1.61. The predicted octanol–water partition coefficient (Wildman–Crippen LogP) is 2.76. The number of hydrogen-bond acceptors (Lipinski definition) is 5. The van der Waals surface area contributed by atoms with Gasteiger partial charge in [-0.1, -0.05) is 0 Å². The van der Waals surface area contributed by atoms with E-state index in [0.29, 0.717) is 17.6 Å². The van der Waals surface area contributed by atoms with Crippen LogP contribution in [0.4, 0.5) is 5.69 Å². The molecule has 1 saturated heterocycles. The molecule has 0 atom stereocenters. The zero-order valence-electron chi connectivity index (χ0n) is 12.4. The van der Waals surface area contributed by atoms with Crippen molar-refractivity contribution >= 4 is 5.69 Å². The summed E-state index contributed by atoms with van der Waals surface area (Å²) in [6.07, 6.45) is 2.55. The monoisotopic (exact) mass is 285 g/mol. The normalized spacial score (nSPS) is 14.3. The van der Waals surface area contributed by atoms with E-state index in [1.807, 2.05) is 12.1 Å². The Labute approximate surface area is 124 Å². The first-order valence-electron chi connectivity index (χ1n) is 7.12. The predicted molar refractivity (Wildman–Crippen MR) is 82.0 cm³/mol. The van der Waals surface area contributed by atoms with Crippen molar-refractivity contribution in [3.05, 3.63) is 30.3 Å². The molecule has 1 aromatic carbocycles. The van der Waals surface area contributed by atoms with Crippen molar-refractivity contribution in [2.24, 2.45) is 0 Å². The van der Waals surface area contributed by atoms with Crippen molar-refractivity contribution in [1.82, 2.24) is 9.97 Å². The molecule has 1 fully saturated rings. The van der Waals surface area contributed by atoms with Gasteiger partial charge in [-0.05, 0) is 37.1 Å². The Bertz CT molecular complexity index is 585. The molecule has 1 aliphatic rings. The van der Waals surface area contributed by atoms with Gasteiger partial charge in [0.2, 0.25) is 11.8 Å². The van der Waals surface area contributed by atoms with Crippen LogP contribution in [0.5, 0.6) is 11.8 Å². The number of aromatic nitrogens is 2. The molecule has 2 aromatic rings. The maximum absolute atomic E-state index is 5.18. The summed E-state index contributed by atoms with van der Waals surface area (Å²) in [5.41, 5.74) is 2.21. The van der Waals surface area contributed by atoms with E-state index in [0.717, 1.165) is 18.7 Å². The molecule has 0 N–H and O–H groups in total. The lowest BCUT2D eigenvalue weighted by atomic mass is 10.2. The van der Waals surface area contributed by atoms with Gasteiger partial charge in [-0.2, -0.15) is 9.97 Å². The first-order valence-corrected chi connectivity index (χ1v) is 7.12. The lowest BCUT2D eigenvalue weighted by Crippen LogP contribution is -2.17. The Morgan fingerprint density at radius 2 is 1.48 bits per heavy atom. The van der Waals surface area contributed by atoms with Gasteiger partial charge in [0, 0.05) is 24.3 Å². The molecule has 1 aromatic heterocycles. The molecule has 3 rings (SSSR count). The van der Waals surface area contributed by atoms with Gasteiger partial charge in [-0.15, -0.1) is 0 Å². The molecule has 0 unspecified atom stereocenters. The fraction of sp³-hybridized carbons (Fsp3) is 0.375. The average molecular weight is 285 g/mol. The lowest BCUT2D eigenvalue weighted by molar-refractivity contribution is 0.372. The smallest absolute Gasteiger partial charge is 0.220 e. The van der Waals surface area contributed by atoms with E-state index >= 15 is 0 Å². The number of anilines is 1. The van der Waals surface area contributed by atoms with Crippen LogP contribution in [0.25, 0.3) is 11.4 Å². The molecule has 0 bridgehead atoms. The zero-order valence-corrected chi connectivity index (χ0v) is 12.4. The number of hydrogen-bond donors (Lipinski definition) is 0. The number of benzene rings is 1. The molecule has 110 valence electrons. The molecule has 2 heterocycles. The van der Waals surface area contributed by atoms with Crippen LogP contribution in [0.2, 0.25) is 0 Å². The first-order chi connectivity index (χ1) is 10.3. The van der Waals surface area contributed by atoms with Gasteiger partial charge < -0.3 is 14.4 Å². The van der Waals surface area contributed by atoms with Crippen LogP contribution in [0.1, 0.15) is 12.8 Å².